The molecule has 23 heavy (non-hydrogen) atoms. The lowest BCUT2D eigenvalue weighted by atomic mass is 9.98. The standard InChI is InChI=1S/C17H18ClF3N2/c1-10(2)15-8-12(17(19,20)21)7-14(23-15)6-11(3)16-9-13(18)4-5-22-16/h4-5,7-11H,6H2,1-3H3. The fourth-order valence-corrected chi connectivity index (χ4v) is 2.45. The van der Waals surface area contributed by atoms with Gasteiger partial charge in [-0.25, -0.2) is 0 Å². The number of hydrogen-bond acceptors (Lipinski definition) is 2. The number of aromatic nitrogens is 2. The molecule has 0 fully saturated rings. The zero-order valence-corrected chi connectivity index (χ0v) is 13.9. The van der Waals surface area contributed by atoms with Gasteiger partial charge in [-0.2, -0.15) is 13.2 Å². The Morgan fingerprint density at radius 2 is 1.78 bits per heavy atom. The van der Waals surface area contributed by atoms with E-state index < -0.39 is 11.7 Å². The molecule has 124 valence electrons. The maximum atomic E-state index is 13.1. The van der Waals surface area contributed by atoms with E-state index >= 15 is 0 Å². The molecule has 2 aromatic heterocycles. The SMILES string of the molecule is CC(C)c1cc(C(F)(F)F)cc(CC(C)c2cc(Cl)ccn2)n1. The molecule has 2 aromatic rings. The molecule has 0 bridgehead atoms. The summed E-state index contributed by atoms with van der Waals surface area (Å²) >= 11 is 5.94. The molecule has 0 aromatic carbocycles. The molecule has 0 amide bonds. The third-order valence-corrected chi connectivity index (χ3v) is 3.82. The number of pyridine rings is 2. The summed E-state index contributed by atoms with van der Waals surface area (Å²) in [5.41, 5.74) is 0.944. The van der Waals surface area contributed by atoms with Crippen molar-refractivity contribution < 1.29 is 13.2 Å². The van der Waals surface area contributed by atoms with Gasteiger partial charge in [0.1, 0.15) is 0 Å². The molecule has 2 heterocycles. The van der Waals surface area contributed by atoms with E-state index in [1.807, 2.05) is 20.8 Å². The fourth-order valence-electron chi connectivity index (χ4n) is 2.28. The summed E-state index contributed by atoms with van der Waals surface area (Å²) in [5, 5.41) is 0.557. The first-order chi connectivity index (χ1) is 10.7. The molecule has 6 heteroatoms. The van der Waals surface area contributed by atoms with Crippen molar-refractivity contribution in [2.75, 3.05) is 0 Å². The molecular weight excluding hydrogens is 325 g/mol. The van der Waals surface area contributed by atoms with Crippen LogP contribution in [0.4, 0.5) is 13.2 Å². The largest absolute Gasteiger partial charge is 0.416 e. The highest BCUT2D eigenvalue weighted by atomic mass is 35.5. The first-order valence-corrected chi connectivity index (χ1v) is 7.74. The van der Waals surface area contributed by atoms with E-state index in [9.17, 15) is 13.2 Å². The maximum absolute atomic E-state index is 13.1. The summed E-state index contributed by atoms with van der Waals surface area (Å²) in [4.78, 5) is 8.60. The monoisotopic (exact) mass is 342 g/mol. The van der Waals surface area contributed by atoms with E-state index in [2.05, 4.69) is 9.97 Å². The quantitative estimate of drug-likeness (QED) is 0.720. The normalized spacial score (nSPS) is 13.4. The van der Waals surface area contributed by atoms with Crippen LogP contribution in [0.25, 0.3) is 0 Å². The summed E-state index contributed by atoms with van der Waals surface area (Å²) in [6.45, 7) is 5.55. The third kappa shape index (κ3) is 4.67. The highest BCUT2D eigenvalue weighted by molar-refractivity contribution is 6.30. The van der Waals surface area contributed by atoms with E-state index in [-0.39, 0.29) is 11.8 Å². The molecule has 2 nitrogen and oxygen atoms in total. The fraction of sp³-hybridized carbons (Fsp3) is 0.412. The number of rotatable bonds is 4. The summed E-state index contributed by atoms with van der Waals surface area (Å²) < 4.78 is 39.2. The topological polar surface area (TPSA) is 25.8 Å². The van der Waals surface area contributed by atoms with Crippen molar-refractivity contribution in [3.63, 3.8) is 0 Å². The second-order valence-electron chi connectivity index (χ2n) is 5.93. The molecule has 0 saturated heterocycles. The van der Waals surface area contributed by atoms with Gasteiger partial charge in [-0.15, -0.1) is 0 Å². The Labute approximate surface area is 138 Å². The van der Waals surface area contributed by atoms with Crippen molar-refractivity contribution in [2.24, 2.45) is 0 Å². The Hall–Kier alpha value is -1.62. The van der Waals surface area contributed by atoms with E-state index in [0.29, 0.717) is 22.8 Å². The molecule has 0 N–H and O–H groups in total. The van der Waals surface area contributed by atoms with Crippen molar-refractivity contribution in [2.45, 2.75) is 45.2 Å². The predicted molar refractivity (Wildman–Crippen MR) is 84.7 cm³/mol. The molecule has 0 aliphatic carbocycles. The Morgan fingerprint density at radius 1 is 1.09 bits per heavy atom. The van der Waals surface area contributed by atoms with Crippen LogP contribution in [0.1, 0.15) is 55.3 Å². The molecule has 0 aliphatic rings. The smallest absolute Gasteiger partial charge is 0.261 e. The second kappa shape index (κ2) is 6.87. The van der Waals surface area contributed by atoms with Gasteiger partial charge < -0.3 is 0 Å². The first kappa shape index (κ1) is 17.7. The first-order valence-electron chi connectivity index (χ1n) is 7.36. The second-order valence-corrected chi connectivity index (χ2v) is 6.37. The van der Waals surface area contributed by atoms with Crippen LogP contribution < -0.4 is 0 Å². The average molecular weight is 343 g/mol. The summed E-state index contributed by atoms with van der Waals surface area (Å²) in [7, 11) is 0. The Kier molecular flexibility index (Phi) is 5.30. The van der Waals surface area contributed by atoms with Gasteiger partial charge in [0.2, 0.25) is 0 Å². The third-order valence-electron chi connectivity index (χ3n) is 3.58. The minimum atomic E-state index is -4.38. The van der Waals surface area contributed by atoms with Crippen molar-refractivity contribution in [3.05, 3.63) is 58.1 Å². The molecule has 0 radical (unpaired) electrons. The van der Waals surface area contributed by atoms with Gasteiger partial charge in [-0.05, 0) is 36.6 Å². The lowest BCUT2D eigenvalue weighted by Gasteiger charge is -2.16. The summed E-state index contributed by atoms with van der Waals surface area (Å²) in [6.07, 6.45) is -2.41. The van der Waals surface area contributed by atoms with Crippen LogP contribution in [-0.4, -0.2) is 9.97 Å². The lowest BCUT2D eigenvalue weighted by molar-refractivity contribution is -0.137. The van der Waals surface area contributed by atoms with Crippen molar-refractivity contribution in [1.29, 1.82) is 0 Å². The summed E-state index contributed by atoms with van der Waals surface area (Å²) in [5.74, 6) is -0.152. The van der Waals surface area contributed by atoms with Crippen molar-refractivity contribution in [3.8, 4) is 0 Å². The van der Waals surface area contributed by atoms with E-state index in [1.54, 1.807) is 18.3 Å². The number of nitrogens with zero attached hydrogens (tertiary/aromatic N) is 2. The Morgan fingerprint density at radius 3 is 2.35 bits per heavy atom. The van der Waals surface area contributed by atoms with Gasteiger partial charge in [0.15, 0.2) is 0 Å². The van der Waals surface area contributed by atoms with Gasteiger partial charge >= 0.3 is 6.18 Å². The van der Waals surface area contributed by atoms with E-state index in [4.69, 9.17) is 11.6 Å². The highest BCUT2D eigenvalue weighted by Gasteiger charge is 2.32. The van der Waals surface area contributed by atoms with Crippen molar-refractivity contribution in [1.82, 2.24) is 9.97 Å². The van der Waals surface area contributed by atoms with E-state index in [1.165, 1.54) is 0 Å². The summed E-state index contributed by atoms with van der Waals surface area (Å²) in [6, 6.07) is 5.63. The minimum Gasteiger partial charge on any atom is -0.261 e. The van der Waals surface area contributed by atoms with Crippen LogP contribution in [0.2, 0.25) is 5.02 Å². The molecule has 0 aliphatic heterocycles. The molecule has 1 unspecified atom stereocenters. The van der Waals surface area contributed by atoms with Crippen LogP contribution in [-0.2, 0) is 12.6 Å². The molecule has 0 spiro atoms. The number of halogens is 4. The van der Waals surface area contributed by atoms with Gasteiger partial charge in [0, 0.05) is 34.2 Å². The predicted octanol–water partition coefficient (Wildman–Crippen LogP) is 5.62. The average Bonchev–Trinajstić information content (AvgIpc) is 2.46. The van der Waals surface area contributed by atoms with Gasteiger partial charge in [-0.3, -0.25) is 9.97 Å². The Bertz CT molecular complexity index is 684. The molecule has 2 rings (SSSR count). The zero-order chi connectivity index (χ0) is 17.2. The minimum absolute atomic E-state index is 0.0735. The van der Waals surface area contributed by atoms with Gasteiger partial charge in [0.25, 0.3) is 0 Å². The van der Waals surface area contributed by atoms with Crippen LogP contribution >= 0.6 is 11.6 Å². The molecule has 1 atom stereocenters. The van der Waals surface area contributed by atoms with Gasteiger partial charge in [0.05, 0.1) is 5.56 Å². The molecular formula is C17H18ClF3N2. The van der Waals surface area contributed by atoms with Crippen LogP contribution in [0.15, 0.2) is 30.5 Å². The zero-order valence-electron chi connectivity index (χ0n) is 13.2. The highest BCUT2D eigenvalue weighted by Crippen LogP contribution is 2.32. The number of alkyl halides is 3. The maximum Gasteiger partial charge on any atom is 0.416 e. The Balaban J connectivity index is 2.33. The van der Waals surface area contributed by atoms with Gasteiger partial charge in [-0.1, -0.05) is 32.4 Å². The van der Waals surface area contributed by atoms with E-state index in [0.717, 1.165) is 17.8 Å². The number of hydrogen-bond donors (Lipinski definition) is 0. The van der Waals surface area contributed by atoms with Crippen LogP contribution in [0, 0.1) is 0 Å². The lowest BCUT2D eigenvalue weighted by Crippen LogP contribution is -2.11. The van der Waals surface area contributed by atoms with Crippen LogP contribution in [0.5, 0.6) is 0 Å². The van der Waals surface area contributed by atoms with Crippen molar-refractivity contribution >= 4 is 11.6 Å². The molecule has 0 saturated carbocycles. The van der Waals surface area contributed by atoms with Crippen LogP contribution in [0.3, 0.4) is 0 Å².